The largest absolute Gasteiger partial charge is 0.480 e. The maximum Gasteiger partial charge on any atom is 0.326 e. The average Bonchev–Trinajstić information content (AvgIpc) is 2.94. The lowest BCUT2D eigenvalue weighted by molar-refractivity contribution is -0.142. The van der Waals surface area contributed by atoms with Crippen LogP contribution in [0.2, 0.25) is 0 Å². The average molecular weight is 334 g/mol. The summed E-state index contributed by atoms with van der Waals surface area (Å²) in [5.74, 6) is -2.12. The molecule has 130 valence electrons. The van der Waals surface area contributed by atoms with Crippen LogP contribution in [0.25, 0.3) is 0 Å². The number of carbonyl (C=O) groups is 3. The Balaban J connectivity index is 1.93. The monoisotopic (exact) mass is 334 g/mol. The van der Waals surface area contributed by atoms with Crippen LogP contribution in [0, 0.1) is 5.92 Å². The first-order valence-electron chi connectivity index (χ1n) is 7.85. The number of ether oxygens (including phenoxy) is 1. The van der Waals surface area contributed by atoms with Crippen LogP contribution < -0.4 is 5.32 Å². The number of nitrogens with zero attached hydrogens (tertiary/aromatic N) is 1. The Labute approximate surface area is 140 Å². The Morgan fingerprint density at radius 2 is 2.08 bits per heavy atom. The highest BCUT2D eigenvalue weighted by atomic mass is 16.5. The number of carbonyl (C=O) groups excluding carboxylic acids is 2. The van der Waals surface area contributed by atoms with Crippen molar-refractivity contribution in [2.75, 3.05) is 26.8 Å². The molecule has 1 unspecified atom stereocenters. The molecule has 24 heavy (non-hydrogen) atoms. The first-order valence-corrected chi connectivity index (χ1v) is 7.85. The summed E-state index contributed by atoms with van der Waals surface area (Å²) in [5, 5.41) is 11.9. The predicted octanol–water partition coefficient (Wildman–Crippen LogP) is 0.293. The van der Waals surface area contributed by atoms with Gasteiger partial charge >= 0.3 is 5.97 Å². The molecule has 0 radical (unpaired) electrons. The van der Waals surface area contributed by atoms with Crippen molar-refractivity contribution in [2.45, 2.75) is 18.9 Å². The molecule has 7 heteroatoms. The number of benzene rings is 1. The molecule has 0 bridgehead atoms. The number of rotatable bonds is 8. The van der Waals surface area contributed by atoms with Crippen LogP contribution in [-0.2, 0) is 25.5 Å². The number of carboxylic acids is 1. The van der Waals surface area contributed by atoms with Crippen LogP contribution in [0.4, 0.5) is 0 Å². The van der Waals surface area contributed by atoms with Gasteiger partial charge in [-0.25, -0.2) is 4.79 Å². The predicted molar refractivity (Wildman–Crippen MR) is 86.3 cm³/mol. The number of hydrogen-bond acceptors (Lipinski definition) is 4. The number of hydrogen-bond donors (Lipinski definition) is 2. The topological polar surface area (TPSA) is 95.9 Å². The van der Waals surface area contributed by atoms with E-state index in [9.17, 15) is 19.5 Å². The second-order valence-electron chi connectivity index (χ2n) is 5.82. The molecule has 1 heterocycles. The molecule has 1 aliphatic rings. The van der Waals surface area contributed by atoms with Crippen LogP contribution in [-0.4, -0.2) is 60.6 Å². The van der Waals surface area contributed by atoms with E-state index in [2.05, 4.69) is 5.32 Å². The van der Waals surface area contributed by atoms with Gasteiger partial charge < -0.3 is 20.1 Å². The van der Waals surface area contributed by atoms with Crippen LogP contribution >= 0.6 is 0 Å². The van der Waals surface area contributed by atoms with Gasteiger partial charge in [0.2, 0.25) is 11.8 Å². The zero-order valence-corrected chi connectivity index (χ0v) is 13.6. The molecule has 0 aromatic heterocycles. The van der Waals surface area contributed by atoms with Crippen molar-refractivity contribution in [3.8, 4) is 0 Å². The van der Waals surface area contributed by atoms with Gasteiger partial charge in [0.25, 0.3) is 0 Å². The van der Waals surface area contributed by atoms with Crippen molar-refractivity contribution < 1.29 is 24.2 Å². The molecule has 1 aromatic carbocycles. The van der Waals surface area contributed by atoms with E-state index in [1.165, 1.54) is 0 Å². The van der Waals surface area contributed by atoms with E-state index >= 15 is 0 Å². The van der Waals surface area contributed by atoms with E-state index in [0.29, 0.717) is 19.7 Å². The highest BCUT2D eigenvalue weighted by Gasteiger charge is 2.35. The molecule has 2 atom stereocenters. The van der Waals surface area contributed by atoms with E-state index in [1.54, 1.807) is 12.0 Å². The van der Waals surface area contributed by atoms with E-state index in [0.717, 1.165) is 5.56 Å². The van der Waals surface area contributed by atoms with Crippen LogP contribution in [0.1, 0.15) is 12.0 Å². The van der Waals surface area contributed by atoms with Gasteiger partial charge in [-0.2, -0.15) is 0 Å². The molecular weight excluding hydrogens is 312 g/mol. The lowest BCUT2D eigenvalue weighted by Crippen LogP contribution is -2.45. The van der Waals surface area contributed by atoms with Crippen molar-refractivity contribution in [3.05, 3.63) is 35.9 Å². The first-order chi connectivity index (χ1) is 11.5. The molecule has 2 amide bonds. The number of nitrogens with one attached hydrogen (secondary N) is 1. The highest BCUT2D eigenvalue weighted by molar-refractivity contribution is 5.91. The third-order valence-electron chi connectivity index (χ3n) is 4.05. The van der Waals surface area contributed by atoms with E-state index in [-0.39, 0.29) is 18.7 Å². The minimum Gasteiger partial charge on any atom is -0.480 e. The van der Waals surface area contributed by atoms with Gasteiger partial charge in [-0.15, -0.1) is 0 Å². The maximum atomic E-state index is 12.3. The van der Waals surface area contributed by atoms with Crippen LogP contribution in [0.5, 0.6) is 0 Å². The summed E-state index contributed by atoms with van der Waals surface area (Å²) in [6, 6.07) is 8.10. The Hall–Kier alpha value is -2.41. The smallest absolute Gasteiger partial charge is 0.326 e. The third-order valence-corrected chi connectivity index (χ3v) is 4.05. The summed E-state index contributed by atoms with van der Waals surface area (Å²) in [6.07, 6.45) is 0.309. The fraction of sp³-hybridized carbons (Fsp3) is 0.471. The normalized spacial score (nSPS) is 18.5. The summed E-state index contributed by atoms with van der Waals surface area (Å²) in [6.45, 7) is 1.14. The number of carboxylic acid groups (broad SMARTS) is 1. The molecule has 7 nitrogen and oxygen atoms in total. The Morgan fingerprint density at radius 3 is 2.71 bits per heavy atom. The fourth-order valence-electron chi connectivity index (χ4n) is 2.70. The van der Waals surface area contributed by atoms with Gasteiger partial charge in [0.15, 0.2) is 0 Å². The number of methoxy groups -OCH3 is 1. The van der Waals surface area contributed by atoms with Crippen LogP contribution in [0.15, 0.2) is 30.3 Å². The second kappa shape index (κ2) is 8.44. The first kappa shape index (κ1) is 17.9. The molecule has 1 aromatic rings. The SMILES string of the molecule is COCCN1CC(C(=O)N[C@H](Cc2ccccc2)C(=O)O)CC1=O. The minimum absolute atomic E-state index is 0.104. The van der Waals surface area contributed by atoms with Gasteiger partial charge in [0.05, 0.1) is 12.5 Å². The Kier molecular flexibility index (Phi) is 6.31. The number of likely N-dealkylation sites (tertiary alicyclic amines) is 1. The summed E-state index contributed by atoms with van der Waals surface area (Å²) in [4.78, 5) is 37.2. The van der Waals surface area contributed by atoms with E-state index < -0.39 is 23.8 Å². The molecule has 2 rings (SSSR count). The molecule has 0 spiro atoms. The standard InChI is InChI=1S/C17H22N2O5/c1-24-8-7-19-11-13(10-15(19)20)16(21)18-14(17(22)23)9-12-5-3-2-4-6-12/h2-6,13-14H,7-11H2,1H3,(H,18,21)(H,22,23)/t13?,14-/m1/s1. The van der Waals surface area contributed by atoms with Gasteiger partial charge in [-0.3, -0.25) is 9.59 Å². The summed E-state index contributed by atoms with van der Waals surface area (Å²) in [7, 11) is 1.55. The van der Waals surface area contributed by atoms with Crippen molar-refractivity contribution in [1.29, 1.82) is 0 Å². The van der Waals surface area contributed by atoms with E-state index in [1.807, 2.05) is 30.3 Å². The Bertz CT molecular complexity index is 590. The summed E-state index contributed by atoms with van der Waals surface area (Å²) in [5.41, 5.74) is 0.828. The molecule has 0 aliphatic carbocycles. The summed E-state index contributed by atoms with van der Waals surface area (Å²) >= 11 is 0. The zero-order valence-electron chi connectivity index (χ0n) is 13.6. The maximum absolute atomic E-state index is 12.3. The molecule has 1 aliphatic heterocycles. The highest BCUT2D eigenvalue weighted by Crippen LogP contribution is 2.18. The van der Waals surface area contributed by atoms with Crippen molar-refractivity contribution in [3.63, 3.8) is 0 Å². The molecule has 2 N–H and O–H groups in total. The molecule has 0 saturated carbocycles. The fourth-order valence-corrected chi connectivity index (χ4v) is 2.70. The second-order valence-corrected chi connectivity index (χ2v) is 5.82. The van der Waals surface area contributed by atoms with Gasteiger partial charge in [0, 0.05) is 33.0 Å². The van der Waals surface area contributed by atoms with Gasteiger partial charge in [-0.05, 0) is 5.56 Å². The van der Waals surface area contributed by atoms with E-state index in [4.69, 9.17) is 4.74 Å². The van der Waals surface area contributed by atoms with Crippen LogP contribution in [0.3, 0.4) is 0 Å². The van der Waals surface area contributed by atoms with Crippen molar-refractivity contribution in [1.82, 2.24) is 10.2 Å². The van der Waals surface area contributed by atoms with Gasteiger partial charge in [0.1, 0.15) is 6.04 Å². The minimum atomic E-state index is -1.09. The molecule has 1 saturated heterocycles. The zero-order chi connectivity index (χ0) is 17.5. The lowest BCUT2D eigenvalue weighted by atomic mass is 10.0. The number of aliphatic carboxylic acids is 1. The lowest BCUT2D eigenvalue weighted by Gasteiger charge is -2.18. The van der Waals surface area contributed by atoms with Gasteiger partial charge in [-0.1, -0.05) is 30.3 Å². The third kappa shape index (κ3) is 4.79. The molecular formula is C17H22N2O5. The Morgan fingerprint density at radius 1 is 1.38 bits per heavy atom. The quantitative estimate of drug-likeness (QED) is 0.712. The number of amides is 2. The molecule has 1 fully saturated rings. The van der Waals surface area contributed by atoms with Crippen molar-refractivity contribution in [2.24, 2.45) is 5.92 Å². The van der Waals surface area contributed by atoms with Crippen molar-refractivity contribution >= 4 is 17.8 Å². The summed E-state index contributed by atoms with van der Waals surface area (Å²) < 4.78 is 4.94.